The van der Waals surface area contributed by atoms with Crippen LogP contribution in [0.25, 0.3) is 0 Å². The molecule has 0 aromatic heterocycles. The van der Waals surface area contributed by atoms with E-state index in [0.717, 1.165) is 5.75 Å². The monoisotopic (exact) mass is 220 g/mol. The SMILES string of the molecule is CSCC(C)N(C)C(=O)CC(N)=S. The quantitative estimate of drug-likeness (QED) is 0.699. The zero-order valence-corrected chi connectivity index (χ0v) is 9.87. The van der Waals surface area contributed by atoms with E-state index < -0.39 is 0 Å². The molecule has 3 nitrogen and oxygen atoms in total. The molecular formula is C8H16N2OS2. The van der Waals surface area contributed by atoms with Crippen molar-refractivity contribution in [2.24, 2.45) is 5.73 Å². The third-order valence-electron chi connectivity index (χ3n) is 1.79. The van der Waals surface area contributed by atoms with Gasteiger partial charge in [0, 0.05) is 18.8 Å². The maximum atomic E-state index is 11.4. The zero-order chi connectivity index (χ0) is 10.4. The van der Waals surface area contributed by atoms with Crippen molar-refractivity contribution in [3.63, 3.8) is 0 Å². The van der Waals surface area contributed by atoms with Gasteiger partial charge in [-0.3, -0.25) is 4.79 Å². The summed E-state index contributed by atoms with van der Waals surface area (Å²) in [4.78, 5) is 13.4. The summed E-state index contributed by atoms with van der Waals surface area (Å²) < 4.78 is 0. The lowest BCUT2D eigenvalue weighted by Gasteiger charge is -2.24. The van der Waals surface area contributed by atoms with E-state index in [2.05, 4.69) is 12.2 Å². The molecule has 0 bridgehead atoms. The summed E-state index contributed by atoms with van der Waals surface area (Å²) in [5.41, 5.74) is 5.28. The number of carbonyl (C=O) groups excluding carboxylic acids is 1. The number of rotatable bonds is 5. The minimum absolute atomic E-state index is 0.00551. The van der Waals surface area contributed by atoms with E-state index in [9.17, 15) is 4.79 Å². The van der Waals surface area contributed by atoms with Gasteiger partial charge in [0.25, 0.3) is 0 Å². The molecule has 0 aliphatic rings. The Labute approximate surface area is 89.0 Å². The molecule has 76 valence electrons. The van der Waals surface area contributed by atoms with Gasteiger partial charge in [-0.2, -0.15) is 11.8 Å². The molecule has 0 aliphatic carbocycles. The highest BCUT2D eigenvalue weighted by molar-refractivity contribution is 7.98. The Balaban J connectivity index is 4.01. The van der Waals surface area contributed by atoms with E-state index in [-0.39, 0.29) is 23.4 Å². The van der Waals surface area contributed by atoms with Gasteiger partial charge in [-0.05, 0) is 13.2 Å². The van der Waals surface area contributed by atoms with Crippen LogP contribution in [0.1, 0.15) is 13.3 Å². The van der Waals surface area contributed by atoms with Crippen LogP contribution in [0.15, 0.2) is 0 Å². The van der Waals surface area contributed by atoms with Gasteiger partial charge in [-0.1, -0.05) is 12.2 Å². The molecule has 1 atom stereocenters. The highest BCUT2D eigenvalue weighted by atomic mass is 32.2. The fraction of sp³-hybridized carbons (Fsp3) is 0.750. The van der Waals surface area contributed by atoms with E-state index in [0.29, 0.717) is 0 Å². The number of amides is 1. The molecule has 0 rings (SSSR count). The van der Waals surface area contributed by atoms with Crippen molar-refractivity contribution < 1.29 is 4.79 Å². The van der Waals surface area contributed by atoms with Gasteiger partial charge in [0.1, 0.15) is 0 Å². The molecule has 0 fully saturated rings. The largest absolute Gasteiger partial charge is 0.393 e. The molecule has 5 heteroatoms. The first-order valence-corrected chi connectivity index (χ1v) is 5.82. The number of thioether (sulfide) groups is 1. The molecular weight excluding hydrogens is 204 g/mol. The van der Waals surface area contributed by atoms with Crippen molar-refractivity contribution >= 4 is 34.9 Å². The van der Waals surface area contributed by atoms with Crippen LogP contribution in [0.2, 0.25) is 0 Å². The molecule has 1 amide bonds. The van der Waals surface area contributed by atoms with E-state index in [1.54, 1.807) is 23.7 Å². The molecule has 2 N–H and O–H groups in total. The lowest BCUT2D eigenvalue weighted by Crippen LogP contribution is -2.38. The first-order chi connectivity index (χ1) is 5.99. The van der Waals surface area contributed by atoms with Crippen molar-refractivity contribution in [2.75, 3.05) is 19.1 Å². The Hall–Kier alpha value is -0.290. The van der Waals surface area contributed by atoms with E-state index in [4.69, 9.17) is 5.73 Å². The van der Waals surface area contributed by atoms with Gasteiger partial charge < -0.3 is 10.6 Å². The second kappa shape index (κ2) is 6.21. The summed E-state index contributed by atoms with van der Waals surface area (Å²) in [6.07, 6.45) is 2.19. The van der Waals surface area contributed by atoms with Crippen LogP contribution in [0.3, 0.4) is 0 Å². The predicted molar refractivity (Wildman–Crippen MR) is 62.0 cm³/mol. The summed E-state index contributed by atoms with van der Waals surface area (Å²) in [6, 6.07) is 0.233. The molecule has 13 heavy (non-hydrogen) atoms. The molecule has 0 aromatic rings. The van der Waals surface area contributed by atoms with Crippen molar-refractivity contribution in [1.29, 1.82) is 0 Å². The molecule has 1 unspecified atom stereocenters. The van der Waals surface area contributed by atoms with Crippen molar-refractivity contribution in [2.45, 2.75) is 19.4 Å². The Bertz CT molecular complexity index is 197. The highest BCUT2D eigenvalue weighted by Crippen LogP contribution is 2.05. The van der Waals surface area contributed by atoms with Gasteiger partial charge in [0.05, 0.1) is 11.4 Å². The lowest BCUT2D eigenvalue weighted by molar-refractivity contribution is -0.129. The number of hydrogen-bond acceptors (Lipinski definition) is 3. The molecule has 0 radical (unpaired) electrons. The van der Waals surface area contributed by atoms with Crippen LogP contribution < -0.4 is 5.73 Å². The minimum Gasteiger partial charge on any atom is -0.393 e. The third-order valence-corrected chi connectivity index (χ3v) is 2.75. The number of hydrogen-bond donors (Lipinski definition) is 1. The Kier molecular flexibility index (Phi) is 6.07. The maximum absolute atomic E-state index is 11.4. The van der Waals surface area contributed by atoms with Crippen LogP contribution in [0, 0.1) is 0 Å². The first kappa shape index (κ1) is 12.7. The second-order valence-electron chi connectivity index (χ2n) is 2.95. The first-order valence-electron chi connectivity index (χ1n) is 4.02. The fourth-order valence-corrected chi connectivity index (χ4v) is 1.70. The number of thiocarbonyl (C=S) groups is 1. The topological polar surface area (TPSA) is 46.3 Å². The van der Waals surface area contributed by atoms with Gasteiger partial charge in [-0.25, -0.2) is 0 Å². The second-order valence-corrected chi connectivity index (χ2v) is 4.39. The summed E-state index contributed by atoms with van der Waals surface area (Å²) in [7, 11) is 1.78. The van der Waals surface area contributed by atoms with Crippen LogP contribution in [-0.2, 0) is 4.79 Å². The summed E-state index contributed by atoms with van der Waals surface area (Å²) in [5, 5.41) is 0. The Morgan fingerprint density at radius 3 is 2.62 bits per heavy atom. The molecule has 0 aliphatic heterocycles. The average Bonchev–Trinajstić information content (AvgIpc) is 2.02. The van der Waals surface area contributed by atoms with Crippen molar-refractivity contribution in [1.82, 2.24) is 4.90 Å². The Morgan fingerprint density at radius 2 is 2.23 bits per heavy atom. The lowest BCUT2D eigenvalue weighted by atomic mass is 10.3. The zero-order valence-electron chi connectivity index (χ0n) is 8.24. The van der Waals surface area contributed by atoms with Crippen LogP contribution in [-0.4, -0.2) is 40.9 Å². The normalized spacial score (nSPS) is 12.2. The highest BCUT2D eigenvalue weighted by Gasteiger charge is 2.15. The van der Waals surface area contributed by atoms with Crippen LogP contribution >= 0.6 is 24.0 Å². The molecule has 0 saturated carbocycles. The standard InChI is InChI=1S/C8H16N2OS2/c1-6(5-13-3)10(2)8(11)4-7(9)12/h6H,4-5H2,1-3H3,(H2,9,12). The van der Waals surface area contributed by atoms with E-state index in [1.807, 2.05) is 13.2 Å². The molecule has 0 aromatic carbocycles. The number of nitrogens with two attached hydrogens (primary N) is 1. The summed E-state index contributed by atoms with van der Waals surface area (Å²) >= 11 is 6.38. The van der Waals surface area contributed by atoms with E-state index >= 15 is 0 Å². The smallest absolute Gasteiger partial charge is 0.229 e. The summed E-state index contributed by atoms with van der Waals surface area (Å²) in [6.45, 7) is 2.01. The van der Waals surface area contributed by atoms with Crippen LogP contribution in [0.5, 0.6) is 0 Å². The number of nitrogens with zero attached hydrogens (tertiary/aromatic N) is 1. The average molecular weight is 220 g/mol. The fourth-order valence-electron chi connectivity index (χ4n) is 0.873. The van der Waals surface area contributed by atoms with Crippen molar-refractivity contribution in [3.8, 4) is 0 Å². The van der Waals surface area contributed by atoms with Gasteiger partial charge in [-0.15, -0.1) is 0 Å². The predicted octanol–water partition coefficient (Wildman–Crippen LogP) is 0.873. The summed E-state index contributed by atoms with van der Waals surface area (Å²) in [5.74, 6) is 0.925. The van der Waals surface area contributed by atoms with Gasteiger partial charge in [0.2, 0.25) is 5.91 Å². The van der Waals surface area contributed by atoms with Crippen LogP contribution in [0.4, 0.5) is 0 Å². The van der Waals surface area contributed by atoms with Crippen molar-refractivity contribution in [3.05, 3.63) is 0 Å². The maximum Gasteiger partial charge on any atom is 0.229 e. The number of carbonyl (C=O) groups is 1. The van der Waals surface area contributed by atoms with Gasteiger partial charge >= 0.3 is 0 Å². The molecule has 0 spiro atoms. The van der Waals surface area contributed by atoms with E-state index in [1.165, 1.54) is 0 Å². The Morgan fingerprint density at radius 1 is 1.69 bits per heavy atom. The minimum atomic E-state index is -0.00551. The molecule has 0 heterocycles. The van der Waals surface area contributed by atoms with Gasteiger partial charge in [0.15, 0.2) is 0 Å². The molecule has 0 saturated heterocycles. The third kappa shape index (κ3) is 5.10.